The van der Waals surface area contributed by atoms with Crippen LogP contribution in [0.5, 0.6) is 11.5 Å². The van der Waals surface area contributed by atoms with E-state index in [9.17, 15) is 0 Å². The summed E-state index contributed by atoms with van der Waals surface area (Å²) in [5, 5.41) is 1.10. The van der Waals surface area contributed by atoms with E-state index < -0.39 is 0 Å². The molecule has 2 aromatic rings. The molecular formula is C12H9Cl2NO. The van der Waals surface area contributed by atoms with Gasteiger partial charge in [-0.2, -0.15) is 0 Å². The second-order valence-corrected chi connectivity index (χ2v) is 4.22. The standard InChI is InChI=1S/C12H9Cl2NO/c1-8-2-3-12(11(14)4-8)16-10-5-9(13)6-15-7-10/h2-7H,1H3. The van der Waals surface area contributed by atoms with Crippen LogP contribution in [0.15, 0.2) is 36.7 Å². The van der Waals surface area contributed by atoms with E-state index in [0.29, 0.717) is 21.5 Å². The zero-order valence-corrected chi connectivity index (χ0v) is 10.1. The summed E-state index contributed by atoms with van der Waals surface area (Å²) in [6.45, 7) is 1.97. The molecule has 0 fully saturated rings. The highest BCUT2D eigenvalue weighted by molar-refractivity contribution is 6.32. The lowest BCUT2D eigenvalue weighted by Gasteiger charge is -2.07. The number of hydrogen-bond acceptors (Lipinski definition) is 2. The number of halogens is 2. The largest absolute Gasteiger partial charge is 0.454 e. The molecule has 2 rings (SSSR count). The van der Waals surface area contributed by atoms with Crippen LogP contribution < -0.4 is 4.74 Å². The average Bonchev–Trinajstić information content (AvgIpc) is 2.22. The van der Waals surface area contributed by atoms with Crippen molar-refractivity contribution in [3.05, 3.63) is 52.3 Å². The first-order valence-corrected chi connectivity index (χ1v) is 5.45. The Hall–Kier alpha value is -1.25. The molecule has 0 bridgehead atoms. The Kier molecular flexibility index (Phi) is 3.32. The molecule has 0 aliphatic rings. The van der Waals surface area contributed by atoms with Crippen LogP contribution in [-0.2, 0) is 0 Å². The summed E-state index contributed by atoms with van der Waals surface area (Å²) in [7, 11) is 0. The number of pyridine rings is 1. The van der Waals surface area contributed by atoms with E-state index in [1.54, 1.807) is 18.5 Å². The van der Waals surface area contributed by atoms with Gasteiger partial charge in [-0.05, 0) is 24.6 Å². The maximum absolute atomic E-state index is 6.04. The Morgan fingerprint density at radius 3 is 2.62 bits per heavy atom. The first kappa shape index (κ1) is 11.2. The Morgan fingerprint density at radius 2 is 1.94 bits per heavy atom. The van der Waals surface area contributed by atoms with Crippen molar-refractivity contribution in [1.82, 2.24) is 4.98 Å². The van der Waals surface area contributed by atoms with E-state index >= 15 is 0 Å². The summed E-state index contributed by atoms with van der Waals surface area (Å²) < 4.78 is 5.57. The van der Waals surface area contributed by atoms with Gasteiger partial charge >= 0.3 is 0 Å². The topological polar surface area (TPSA) is 22.1 Å². The van der Waals surface area contributed by atoms with Crippen molar-refractivity contribution < 1.29 is 4.74 Å². The average molecular weight is 254 g/mol. The molecule has 0 saturated carbocycles. The molecule has 82 valence electrons. The van der Waals surface area contributed by atoms with Gasteiger partial charge in [0.25, 0.3) is 0 Å². The number of benzene rings is 1. The van der Waals surface area contributed by atoms with Gasteiger partial charge in [-0.3, -0.25) is 4.98 Å². The second-order valence-electron chi connectivity index (χ2n) is 3.37. The summed E-state index contributed by atoms with van der Waals surface area (Å²) in [4.78, 5) is 3.93. The first-order valence-electron chi connectivity index (χ1n) is 4.70. The number of aryl methyl sites for hydroxylation is 1. The highest BCUT2D eigenvalue weighted by atomic mass is 35.5. The summed E-state index contributed by atoms with van der Waals surface area (Å²) in [5.74, 6) is 1.16. The molecule has 1 aromatic carbocycles. The summed E-state index contributed by atoms with van der Waals surface area (Å²) in [6, 6.07) is 7.28. The van der Waals surface area contributed by atoms with Gasteiger partial charge in [-0.1, -0.05) is 29.3 Å². The zero-order chi connectivity index (χ0) is 11.5. The molecular weight excluding hydrogens is 245 g/mol. The molecule has 4 heteroatoms. The van der Waals surface area contributed by atoms with Crippen LogP contribution in [0.1, 0.15) is 5.56 Å². The number of aromatic nitrogens is 1. The Balaban J connectivity index is 2.27. The fourth-order valence-corrected chi connectivity index (χ4v) is 1.70. The van der Waals surface area contributed by atoms with Gasteiger partial charge in [0, 0.05) is 12.3 Å². The maximum Gasteiger partial charge on any atom is 0.147 e. The molecule has 0 spiro atoms. The third kappa shape index (κ3) is 2.65. The van der Waals surface area contributed by atoms with Crippen LogP contribution in [0.4, 0.5) is 0 Å². The van der Waals surface area contributed by atoms with Crippen LogP contribution in [0.2, 0.25) is 10.0 Å². The Bertz CT molecular complexity index is 514. The van der Waals surface area contributed by atoms with Crippen molar-refractivity contribution in [2.75, 3.05) is 0 Å². The normalized spacial score (nSPS) is 10.2. The van der Waals surface area contributed by atoms with Crippen molar-refractivity contribution >= 4 is 23.2 Å². The van der Waals surface area contributed by atoms with Crippen LogP contribution in [-0.4, -0.2) is 4.98 Å². The van der Waals surface area contributed by atoms with E-state index in [4.69, 9.17) is 27.9 Å². The van der Waals surface area contributed by atoms with Gasteiger partial charge in [0.2, 0.25) is 0 Å². The summed E-state index contributed by atoms with van der Waals surface area (Å²) in [5.41, 5.74) is 1.08. The lowest BCUT2D eigenvalue weighted by atomic mass is 10.2. The minimum absolute atomic E-state index is 0.528. The van der Waals surface area contributed by atoms with E-state index in [-0.39, 0.29) is 0 Å². The Morgan fingerprint density at radius 1 is 1.12 bits per heavy atom. The summed E-state index contributed by atoms with van der Waals surface area (Å²) in [6.07, 6.45) is 3.13. The third-order valence-electron chi connectivity index (χ3n) is 1.99. The highest BCUT2D eigenvalue weighted by Crippen LogP contribution is 2.30. The summed E-state index contributed by atoms with van der Waals surface area (Å²) >= 11 is 11.8. The quantitative estimate of drug-likeness (QED) is 0.787. The molecule has 0 atom stereocenters. The fraction of sp³-hybridized carbons (Fsp3) is 0.0833. The number of ether oxygens (including phenoxy) is 1. The molecule has 0 aliphatic carbocycles. The van der Waals surface area contributed by atoms with Crippen LogP contribution >= 0.6 is 23.2 Å². The number of nitrogens with zero attached hydrogens (tertiary/aromatic N) is 1. The molecule has 0 saturated heterocycles. The van der Waals surface area contributed by atoms with Gasteiger partial charge in [0.1, 0.15) is 11.5 Å². The highest BCUT2D eigenvalue weighted by Gasteiger charge is 2.03. The van der Waals surface area contributed by atoms with Crippen molar-refractivity contribution in [2.45, 2.75) is 6.92 Å². The predicted molar refractivity (Wildman–Crippen MR) is 65.5 cm³/mol. The molecule has 16 heavy (non-hydrogen) atoms. The molecule has 0 amide bonds. The number of hydrogen-bond donors (Lipinski definition) is 0. The van der Waals surface area contributed by atoms with E-state index in [1.807, 2.05) is 25.1 Å². The molecule has 1 aromatic heterocycles. The molecule has 1 heterocycles. The minimum Gasteiger partial charge on any atom is -0.454 e. The smallest absolute Gasteiger partial charge is 0.147 e. The van der Waals surface area contributed by atoms with Crippen molar-refractivity contribution in [2.24, 2.45) is 0 Å². The predicted octanol–water partition coefficient (Wildman–Crippen LogP) is 4.49. The lowest BCUT2D eigenvalue weighted by molar-refractivity contribution is 0.480. The van der Waals surface area contributed by atoms with Crippen LogP contribution in [0.3, 0.4) is 0 Å². The van der Waals surface area contributed by atoms with Gasteiger partial charge < -0.3 is 4.74 Å². The van der Waals surface area contributed by atoms with Crippen LogP contribution in [0.25, 0.3) is 0 Å². The number of rotatable bonds is 2. The van der Waals surface area contributed by atoms with E-state index in [2.05, 4.69) is 4.98 Å². The Labute approximate surface area is 104 Å². The monoisotopic (exact) mass is 253 g/mol. The third-order valence-corrected chi connectivity index (χ3v) is 2.50. The van der Waals surface area contributed by atoms with Crippen LogP contribution in [0, 0.1) is 6.92 Å². The van der Waals surface area contributed by atoms with Crippen molar-refractivity contribution in [3.8, 4) is 11.5 Å². The minimum atomic E-state index is 0.528. The van der Waals surface area contributed by atoms with Gasteiger partial charge in [-0.25, -0.2) is 0 Å². The van der Waals surface area contributed by atoms with Crippen molar-refractivity contribution in [3.63, 3.8) is 0 Å². The second kappa shape index (κ2) is 4.73. The molecule has 0 unspecified atom stereocenters. The van der Waals surface area contributed by atoms with Gasteiger partial charge in [-0.15, -0.1) is 0 Å². The SMILES string of the molecule is Cc1ccc(Oc2cncc(Cl)c2)c(Cl)c1. The zero-order valence-electron chi connectivity index (χ0n) is 8.58. The lowest BCUT2D eigenvalue weighted by Crippen LogP contribution is -1.86. The molecule has 0 aliphatic heterocycles. The van der Waals surface area contributed by atoms with Gasteiger partial charge in [0.15, 0.2) is 0 Å². The van der Waals surface area contributed by atoms with E-state index in [1.165, 1.54) is 0 Å². The fourth-order valence-electron chi connectivity index (χ4n) is 1.26. The van der Waals surface area contributed by atoms with E-state index in [0.717, 1.165) is 5.56 Å². The van der Waals surface area contributed by atoms with Gasteiger partial charge in [0.05, 0.1) is 16.2 Å². The maximum atomic E-state index is 6.04. The molecule has 2 nitrogen and oxygen atoms in total. The van der Waals surface area contributed by atoms with Crippen molar-refractivity contribution in [1.29, 1.82) is 0 Å². The first-order chi connectivity index (χ1) is 7.65. The molecule has 0 N–H and O–H groups in total. The molecule has 0 radical (unpaired) electrons.